The fraction of sp³-hybridized carbons (Fsp3) is 0.375. The van der Waals surface area contributed by atoms with Gasteiger partial charge in [0.25, 0.3) is 5.91 Å². The number of hydrogen-bond acceptors (Lipinski definition) is 6. The molecule has 0 atom stereocenters. The Morgan fingerprint density at radius 3 is 2.45 bits per heavy atom. The molecule has 0 radical (unpaired) electrons. The molecular formula is C24H27Cl2N3O4. The van der Waals surface area contributed by atoms with Gasteiger partial charge in [-0.05, 0) is 44.0 Å². The highest BCUT2D eigenvalue weighted by molar-refractivity contribution is 6.33. The van der Waals surface area contributed by atoms with Gasteiger partial charge in [0.1, 0.15) is 0 Å². The van der Waals surface area contributed by atoms with Crippen molar-refractivity contribution in [3.63, 3.8) is 0 Å². The third-order valence-corrected chi connectivity index (χ3v) is 5.41. The number of hydrogen-bond donors (Lipinski definition) is 0. The molecule has 176 valence electrons. The van der Waals surface area contributed by atoms with Crippen molar-refractivity contribution in [2.75, 3.05) is 13.7 Å². The molecule has 0 aliphatic heterocycles. The van der Waals surface area contributed by atoms with Crippen LogP contribution in [0, 0.1) is 5.92 Å². The molecule has 0 N–H and O–H groups in total. The van der Waals surface area contributed by atoms with Gasteiger partial charge in [0.15, 0.2) is 11.5 Å². The van der Waals surface area contributed by atoms with Crippen molar-refractivity contribution in [1.29, 1.82) is 0 Å². The number of ether oxygens (including phenoxy) is 2. The first-order valence-corrected chi connectivity index (χ1v) is 11.3. The summed E-state index contributed by atoms with van der Waals surface area (Å²) in [6.45, 7) is 8.48. The van der Waals surface area contributed by atoms with Crippen molar-refractivity contribution in [2.45, 2.75) is 40.3 Å². The molecule has 0 unspecified atom stereocenters. The van der Waals surface area contributed by atoms with Gasteiger partial charge in [-0.25, -0.2) is 0 Å². The second-order valence-corrected chi connectivity index (χ2v) is 9.02. The number of halogens is 2. The van der Waals surface area contributed by atoms with Gasteiger partial charge < -0.3 is 18.8 Å². The Kier molecular flexibility index (Phi) is 8.21. The summed E-state index contributed by atoms with van der Waals surface area (Å²) in [6, 6.07) is 10.3. The average molecular weight is 492 g/mol. The van der Waals surface area contributed by atoms with Crippen molar-refractivity contribution < 1.29 is 18.7 Å². The molecule has 9 heteroatoms. The number of aromatic nitrogens is 2. The van der Waals surface area contributed by atoms with E-state index in [1.807, 2.05) is 39.8 Å². The summed E-state index contributed by atoms with van der Waals surface area (Å²) in [5.74, 6) is 1.47. The molecule has 0 aliphatic carbocycles. The van der Waals surface area contributed by atoms with Crippen LogP contribution in [0.3, 0.4) is 0 Å². The predicted molar refractivity (Wildman–Crippen MR) is 128 cm³/mol. The van der Waals surface area contributed by atoms with E-state index < -0.39 is 0 Å². The van der Waals surface area contributed by atoms with Gasteiger partial charge in [0.05, 0.1) is 35.9 Å². The highest BCUT2D eigenvalue weighted by atomic mass is 35.5. The van der Waals surface area contributed by atoms with Crippen molar-refractivity contribution >= 4 is 29.1 Å². The molecule has 1 heterocycles. The molecule has 1 amide bonds. The minimum absolute atomic E-state index is 0.124. The SMILES string of the molecule is COc1cc(C(=O)N(Cc2nnc(-c3ccccc3Cl)o2)C(C)C)cc(Cl)c1OCC(C)C. The van der Waals surface area contributed by atoms with Crippen molar-refractivity contribution in [3.05, 3.63) is 57.9 Å². The minimum Gasteiger partial charge on any atom is -0.493 e. The highest BCUT2D eigenvalue weighted by Gasteiger charge is 2.25. The molecule has 0 bridgehead atoms. The Balaban J connectivity index is 1.85. The summed E-state index contributed by atoms with van der Waals surface area (Å²) in [5.41, 5.74) is 1.00. The molecule has 1 aromatic heterocycles. The quantitative estimate of drug-likeness (QED) is 0.357. The zero-order chi connectivity index (χ0) is 24.1. The van der Waals surface area contributed by atoms with Crippen LogP contribution in [0.5, 0.6) is 11.5 Å². The Morgan fingerprint density at radius 1 is 1.09 bits per heavy atom. The fourth-order valence-corrected chi connectivity index (χ4v) is 3.58. The van der Waals surface area contributed by atoms with E-state index in [4.69, 9.17) is 37.1 Å². The van der Waals surface area contributed by atoms with Crippen LogP contribution in [0.4, 0.5) is 0 Å². The smallest absolute Gasteiger partial charge is 0.254 e. The van der Waals surface area contributed by atoms with Crippen LogP contribution in [-0.4, -0.2) is 40.8 Å². The van der Waals surface area contributed by atoms with Crippen LogP contribution in [0.15, 0.2) is 40.8 Å². The summed E-state index contributed by atoms with van der Waals surface area (Å²) in [4.78, 5) is 15.0. The number of benzene rings is 2. The lowest BCUT2D eigenvalue weighted by Gasteiger charge is -2.26. The molecule has 0 saturated heterocycles. The number of methoxy groups -OCH3 is 1. The summed E-state index contributed by atoms with van der Waals surface area (Å²) in [7, 11) is 1.51. The van der Waals surface area contributed by atoms with E-state index in [2.05, 4.69) is 10.2 Å². The van der Waals surface area contributed by atoms with E-state index in [-0.39, 0.29) is 18.5 Å². The zero-order valence-electron chi connectivity index (χ0n) is 19.3. The first kappa shape index (κ1) is 24.9. The summed E-state index contributed by atoms with van der Waals surface area (Å²) in [6.07, 6.45) is 0. The first-order chi connectivity index (χ1) is 15.7. The maximum atomic E-state index is 13.4. The molecule has 0 saturated carbocycles. The lowest BCUT2D eigenvalue weighted by molar-refractivity contribution is 0.0672. The highest BCUT2D eigenvalue weighted by Crippen LogP contribution is 2.37. The molecule has 0 spiro atoms. The van der Waals surface area contributed by atoms with Crippen LogP contribution in [0.1, 0.15) is 43.9 Å². The van der Waals surface area contributed by atoms with Crippen LogP contribution >= 0.6 is 23.2 Å². The molecule has 0 fully saturated rings. The van der Waals surface area contributed by atoms with Gasteiger partial charge in [-0.1, -0.05) is 49.2 Å². The maximum absolute atomic E-state index is 13.4. The van der Waals surface area contributed by atoms with Crippen molar-refractivity contribution in [2.24, 2.45) is 5.92 Å². The number of carbonyl (C=O) groups excluding carboxylic acids is 1. The standard InChI is InChI=1S/C24H27Cl2N3O4/c1-14(2)13-32-22-19(26)10-16(11-20(22)31-5)24(30)29(15(3)4)12-21-27-28-23(33-21)17-8-6-7-9-18(17)25/h6-11,14-15H,12-13H2,1-5H3. The first-order valence-electron chi connectivity index (χ1n) is 10.6. The van der Waals surface area contributed by atoms with E-state index in [0.717, 1.165) is 0 Å². The second-order valence-electron chi connectivity index (χ2n) is 8.20. The van der Waals surface area contributed by atoms with Gasteiger partial charge in [0.2, 0.25) is 11.8 Å². The molecule has 7 nitrogen and oxygen atoms in total. The number of amides is 1. The van der Waals surface area contributed by atoms with Gasteiger partial charge in [0, 0.05) is 11.6 Å². The topological polar surface area (TPSA) is 77.7 Å². The van der Waals surface area contributed by atoms with Crippen LogP contribution < -0.4 is 9.47 Å². The van der Waals surface area contributed by atoms with Crippen molar-refractivity contribution in [1.82, 2.24) is 15.1 Å². The third-order valence-electron chi connectivity index (χ3n) is 4.80. The third kappa shape index (κ3) is 5.97. The Bertz CT molecular complexity index is 1110. The van der Waals surface area contributed by atoms with Crippen LogP contribution in [0.2, 0.25) is 10.0 Å². The molecule has 2 aromatic carbocycles. The second kappa shape index (κ2) is 10.9. The average Bonchev–Trinajstić information content (AvgIpc) is 3.24. The van der Waals surface area contributed by atoms with E-state index in [1.165, 1.54) is 7.11 Å². The Morgan fingerprint density at radius 2 is 1.82 bits per heavy atom. The summed E-state index contributed by atoms with van der Waals surface area (Å²) >= 11 is 12.7. The lowest BCUT2D eigenvalue weighted by Crippen LogP contribution is -2.36. The molecular weight excluding hydrogens is 465 g/mol. The summed E-state index contributed by atoms with van der Waals surface area (Å²) in [5, 5.41) is 8.99. The fourth-order valence-electron chi connectivity index (χ4n) is 3.09. The Hall–Kier alpha value is -2.77. The lowest BCUT2D eigenvalue weighted by atomic mass is 10.1. The van der Waals surface area contributed by atoms with Gasteiger partial charge in [-0.3, -0.25) is 4.79 Å². The largest absolute Gasteiger partial charge is 0.493 e. The Labute approximate surface area is 203 Å². The summed E-state index contributed by atoms with van der Waals surface area (Å²) < 4.78 is 17.0. The number of nitrogens with zero attached hydrogens (tertiary/aromatic N) is 3. The normalized spacial score (nSPS) is 11.2. The monoisotopic (exact) mass is 491 g/mol. The predicted octanol–water partition coefficient (Wildman–Crippen LogP) is 6.14. The number of rotatable bonds is 9. The minimum atomic E-state index is -0.252. The van der Waals surface area contributed by atoms with Crippen LogP contribution in [0.25, 0.3) is 11.5 Å². The number of carbonyl (C=O) groups is 1. The van der Waals surface area contributed by atoms with E-state index in [1.54, 1.807) is 29.2 Å². The molecule has 0 aliphatic rings. The van der Waals surface area contributed by atoms with Gasteiger partial charge >= 0.3 is 0 Å². The van der Waals surface area contributed by atoms with E-state index in [9.17, 15) is 4.79 Å². The maximum Gasteiger partial charge on any atom is 0.254 e. The van der Waals surface area contributed by atoms with Crippen molar-refractivity contribution in [3.8, 4) is 23.0 Å². The van der Waals surface area contributed by atoms with Gasteiger partial charge in [-0.15, -0.1) is 10.2 Å². The van der Waals surface area contributed by atoms with E-state index in [0.29, 0.717) is 57.0 Å². The molecule has 3 rings (SSSR count). The van der Waals surface area contributed by atoms with Crippen LogP contribution in [-0.2, 0) is 6.54 Å². The molecule has 33 heavy (non-hydrogen) atoms. The molecule has 3 aromatic rings. The zero-order valence-corrected chi connectivity index (χ0v) is 20.8. The van der Waals surface area contributed by atoms with E-state index >= 15 is 0 Å². The van der Waals surface area contributed by atoms with Gasteiger partial charge in [-0.2, -0.15) is 0 Å².